The molecule has 0 saturated carbocycles. The summed E-state index contributed by atoms with van der Waals surface area (Å²) in [5.41, 5.74) is 0.561. The topological polar surface area (TPSA) is 0 Å². The average Bonchev–Trinajstić information content (AvgIpc) is 2.40. The van der Waals surface area contributed by atoms with Crippen molar-refractivity contribution in [1.82, 2.24) is 0 Å². The molecular weight excluding hydrogens is 140 g/mol. The molecule has 1 fully saturated rings. The third-order valence-corrected chi connectivity index (χ3v) is 5.55. The summed E-state index contributed by atoms with van der Waals surface area (Å²) in [6, 6.07) is 0. The highest BCUT2D eigenvalue weighted by Gasteiger charge is 2.53. The van der Waals surface area contributed by atoms with Crippen LogP contribution < -0.4 is 0 Å². The molecule has 0 bridgehead atoms. The lowest BCUT2D eigenvalue weighted by Crippen LogP contribution is -2.06. The van der Waals surface area contributed by atoms with E-state index in [1.807, 2.05) is 4.91 Å². The van der Waals surface area contributed by atoms with Crippen LogP contribution in [0.4, 0.5) is 0 Å². The van der Waals surface area contributed by atoms with E-state index < -0.39 is 0 Å². The summed E-state index contributed by atoms with van der Waals surface area (Å²) in [5, 5.41) is 2.53. The molecule has 0 aliphatic carbocycles. The molecule has 0 N–H and O–H groups in total. The molecule has 1 heteroatoms. The SMILES string of the molecule is CC(C)(C)CCS12C=C1C2. The number of fused-ring (bicyclic) bond motifs is 1. The standard InChI is InChI=1S/C9H16S/c1-9(2,3)4-5-10-6-8(10)7-10/h6H,4-5,7H2,1-3H3. The van der Waals surface area contributed by atoms with Crippen LogP contribution in [0.1, 0.15) is 27.2 Å². The molecule has 0 amide bonds. The molecule has 0 aromatic rings. The quantitative estimate of drug-likeness (QED) is 0.539. The van der Waals surface area contributed by atoms with Crippen LogP contribution in [-0.2, 0) is 0 Å². The van der Waals surface area contributed by atoms with Crippen LogP contribution in [0.25, 0.3) is 0 Å². The van der Waals surface area contributed by atoms with Crippen LogP contribution in [0.3, 0.4) is 0 Å². The van der Waals surface area contributed by atoms with E-state index in [0.29, 0.717) is 5.41 Å². The maximum Gasteiger partial charge on any atom is 0.0149 e. The normalized spacial score (nSPS) is 41.3. The van der Waals surface area contributed by atoms with E-state index in [9.17, 15) is 0 Å². The third kappa shape index (κ3) is 1.12. The van der Waals surface area contributed by atoms with E-state index in [1.165, 1.54) is 17.9 Å². The smallest absolute Gasteiger partial charge is 0.0149 e. The maximum atomic E-state index is 2.53. The fraction of sp³-hybridized carbons (Fsp3) is 0.778. The van der Waals surface area contributed by atoms with Crippen LogP contribution >= 0.6 is 10.0 Å². The van der Waals surface area contributed by atoms with Crippen LogP contribution in [0.5, 0.6) is 0 Å². The van der Waals surface area contributed by atoms with Gasteiger partial charge in [-0.15, -0.1) is 0 Å². The average molecular weight is 156 g/mol. The molecule has 1 unspecified atom stereocenters. The van der Waals surface area contributed by atoms with Crippen LogP contribution in [0.15, 0.2) is 10.3 Å². The Balaban J connectivity index is 1.74. The molecular formula is C9H16S. The molecule has 1 atom stereocenters. The van der Waals surface area contributed by atoms with Crippen molar-refractivity contribution in [2.24, 2.45) is 5.41 Å². The predicted octanol–water partition coefficient (Wildman–Crippen LogP) is 3.10. The second-order valence-electron chi connectivity index (χ2n) is 4.69. The minimum atomic E-state index is -0.0490. The zero-order valence-corrected chi connectivity index (χ0v) is 7.92. The lowest BCUT2D eigenvalue weighted by atomic mass is 9.94. The molecule has 1 saturated heterocycles. The highest BCUT2D eigenvalue weighted by molar-refractivity contribution is 8.51. The first kappa shape index (κ1) is 6.78. The Bertz CT molecular complexity index is 195. The lowest BCUT2D eigenvalue weighted by molar-refractivity contribution is 0.401. The van der Waals surface area contributed by atoms with Crippen molar-refractivity contribution in [1.29, 1.82) is 0 Å². The van der Waals surface area contributed by atoms with Crippen LogP contribution in [-0.4, -0.2) is 11.5 Å². The highest BCUT2D eigenvalue weighted by Crippen LogP contribution is 2.87. The van der Waals surface area contributed by atoms with E-state index in [-0.39, 0.29) is 10.0 Å². The monoisotopic (exact) mass is 156 g/mol. The van der Waals surface area contributed by atoms with Crippen molar-refractivity contribution in [3.8, 4) is 0 Å². The van der Waals surface area contributed by atoms with Gasteiger partial charge in [-0.05, 0) is 27.9 Å². The Hall–Kier alpha value is 0.0900. The predicted molar refractivity (Wildman–Crippen MR) is 49.5 cm³/mol. The minimum Gasteiger partial charge on any atom is -0.191 e. The highest BCUT2D eigenvalue weighted by atomic mass is 32.3. The van der Waals surface area contributed by atoms with Gasteiger partial charge in [-0.2, -0.15) is 10.0 Å². The fourth-order valence-electron chi connectivity index (χ4n) is 1.18. The Kier molecular flexibility index (Phi) is 1.11. The van der Waals surface area contributed by atoms with E-state index in [2.05, 4.69) is 26.2 Å². The molecule has 0 aromatic heterocycles. The molecule has 58 valence electrons. The summed E-state index contributed by atoms with van der Waals surface area (Å²) < 4.78 is 0. The molecule has 0 radical (unpaired) electrons. The van der Waals surface area contributed by atoms with Gasteiger partial charge in [-0.25, -0.2) is 0 Å². The second-order valence-corrected chi connectivity index (χ2v) is 8.03. The van der Waals surface area contributed by atoms with Crippen molar-refractivity contribution in [3.63, 3.8) is 0 Å². The summed E-state index contributed by atoms with van der Waals surface area (Å²) in [4.78, 5) is 1.83. The Morgan fingerprint density at radius 2 is 2.00 bits per heavy atom. The second kappa shape index (κ2) is 1.63. The summed E-state index contributed by atoms with van der Waals surface area (Å²) in [6.45, 7) is 7.02. The van der Waals surface area contributed by atoms with Crippen molar-refractivity contribution in [2.75, 3.05) is 11.5 Å². The van der Waals surface area contributed by atoms with Gasteiger partial charge < -0.3 is 0 Å². The summed E-state index contributed by atoms with van der Waals surface area (Å²) in [6.07, 6.45) is 1.42. The van der Waals surface area contributed by atoms with Crippen LogP contribution in [0, 0.1) is 5.41 Å². The fourth-order valence-corrected chi connectivity index (χ4v) is 4.40. The van der Waals surface area contributed by atoms with E-state index >= 15 is 0 Å². The molecule has 2 heterocycles. The van der Waals surface area contributed by atoms with Gasteiger partial charge in [0.25, 0.3) is 0 Å². The first-order chi connectivity index (χ1) is 4.52. The van der Waals surface area contributed by atoms with Gasteiger partial charge in [0, 0.05) is 5.75 Å². The van der Waals surface area contributed by atoms with E-state index in [4.69, 9.17) is 0 Å². The molecule has 0 nitrogen and oxygen atoms in total. The lowest BCUT2D eigenvalue weighted by Gasteiger charge is -2.19. The number of hydrogen-bond acceptors (Lipinski definition) is 0. The van der Waals surface area contributed by atoms with Gasteiger partial charge in [0.05, 0.1) is 0 Å². The Morgan fingerprint density at radius 1 is 1.50 bits per heavy atom. The van der Waals surface area contributed by atoms with Crippen LogP contribution in [0.2, 0.25) is 0 Å². The zero-order valence-electron chi connectivity index (χ0n) is 7.11. The molecule has 2 aliphatic rings. The molecule has 2 rings (SSSR count). The van der Waals surface area contributed by atoms with Gasteiger partial charge in [-0.3, -0.25) is 0 Å². The van der Waals surface area contributed by atoms with Gasteiger partial charge in [0.15, 0.2) is 0 Å². The first-order valence-corrected chi connectivity index (χ1v) is 6.05. The molecule has 2 aliphatic heterocycles. The van der Waals surface area contributed by atoms with Crippen molar-refractivity contribution in [3.05, 3.63) is 10.3 Å². The number of hydrogen-bond donors (Lipinski definition) is 0. The Morgan fingerprint density at radius 3 is 2.30 bits per heavy atom. The maximum absolute atomic E-state index is 2.53. The summed E-state index contributed by atoms with van der Waals surface area (Å²) >= 11 is 0. The first-order valence-electron chi connectivity index (χ1n) is 4.01. The molecule has 10 heavy (non-hydrogen) atoms. The Labute approximate surface area is 65.0 Å². The summed E-state index contributed by atoms with van der Waals surface area (Å²) in [7, 11) is -0.0490. The van der Waals surface area contributed by atoms with Crippen molar-refractivity contribution >= 4 is 10.0 Å². The third-order valence-electron chi connectivity index (χ3n) is 2.35. The van der Waals surface area contributed by atoms with Crippen molar-refractivity contribution in [2.45, 2.75) is 27.2 Å². The largest absolute Gasteiger partial charge is 0.191 e. The van der Waals surface area contributed by atoms with E-state index in [1.54, 1.807) is 0 Å². The minimum absolute atomic E-state index is 0.0490. The summed E-state index contributed by atoms with van der Waals surface area (Å²) in [5.74, 6) is 3.02. The van der Waals surface area contributed by atoms with Crippen molar-refractivity contribution < 1.29 is 0 Å². The molecule has 0 aromatic carbocycles. The van der Waals surface area contributed by atoms with E-state index in [0.717, 1.165) is 0 Å². The van der Waals surface area contributed by atoms with Gasteiger partial charge in [-0.1, -0.05) is 20.8 Å². The number of rotatable bonds is 2. The van der Waals surface area contributed by atoms with Gasteiger partial charge in [0.2, 0.25) is 0 Å². The molecule has 0 spiro atoms. The van der Waals surface area contributed by atoms with Gasteiger partial charge >= 0.3 is 0 Å². The van der Waals surface area contributed by atoms with Gasteiger partial charge in [0.1, 0.15) is 0 Å². The zero-order chi connectivity index (χ0) is 7.41.